The number of aromatic nitrogens is 1. The van der Waals surface area contributed by atoms with Gasteiger partial charge in [-0.25, -0.2) is 0 Å². The number of carbonyl (C=O) groups is 1. The van der Waals surface area contributed by atoms with E-state index in [1.807, 2.05) is 0 Å². The Morgan fingerprint density at radius 1 is 1.47 bits per heavy atom. The van der Waals surface area contributed by atoms with Crippen LogP contribution in [0.3, 0.4) is 0 Å². The minimum Gasteiger partial charge on any atom is -0.330 e. The zero-order chi connectivity index (χ0) is 13.1. The van der Waals surface area contributed by atoms with Crippen molar-refractivity contribution in [3.8, 4) is 0 Å². The van der Waals surface area contributed by atoms with Gasteiger partial charge in [0.15, 0.2) is 0 Å². The molecule has 0 saturated carbocycles. The van der Waals surface area contributed by atoms with E-state index >= 15 is 0 Å². The highest BCUT2D eigenvalue weighted by atomic mass is 19.4. The second kappa shape index (κ2) is 5.03. The Bertz CT molecular complexity index is 453. The number of H-pyrrole nitrogens is 1. The predicted molar refractivity (Wildman–Crippen MR) is 54.7 cm³/mol. The van der Waals surface area contributed by atoms with Crippen molar-refractivity contribution in [2.24, 2.45) is 0 Å². The van der Waals surface area contributed by atoms with Crippen molar-refractivity contribution in [3.63, 3.8) is 0 Å². The lowest BCUT2D eigenvalue weighted by Gasteiger charge is -2.22. The summed E-state index contributed by atoms with van der Waals surface area (Å²) in [5.74, 6) is -0.809. The molecule has 0 saturated heterocycles. The van der Waals surface area contributed by atoms with E-state index in [9.17, 15) is 22.8 Å². The van der Waals surface area contributed by atoms with E-state index in [0.717, 1.165) is 6.07 Å². The van der Waals surface area contributed by atoms with Crippen LogP contribution in [-0.4, -0.2) is 35.1 Å². The van der Waals surface area contributed by atoms with Gasteiger partial charge >= 0.3 is 6.18 Å². The largest absolute Gasteiger partial charge is 0.406 e. The van der Waals surface area contributed by atoms with Gasteiger partial charge in [0.1, 0.15) is 6.54 Å². The molecule has 0 spiro atoms. The monoisotopic (exact) mass is 248 g/mol. The summed E-state index contributed by atoms with van der Waals surface area (Å²) >= 11 is 0. The topological polar surface area (TPSA) is 53.2 Å². The molecule has 0 aliphatic carbocycles. The molecule has 4 nitrogen and oxygen atoms in total. The second-order valence-corrected chi connectivity index (χ2v) is 3.38. The number of amides is 1. The number of carbonyl (C=O) groups excluding carboxylic acids is 1. The molecule has 0 fully saturated rings. The summed E-state index contributed by atoms with van der Waals surface area (Å²) in [6.07, 6.45) is -3.23. The van der Waals surface area contributed by atoms with Crippen LogP contribution < -0.4 is 5.56 Å². The van der Waals surface area contributed by atoms with Crippen molar-refractivity contribution in [2.75, 3.05) is 13.1 Å². The van der Waals surface area contributed by atoms with Crippen LogP contribution in [0.25, 0.3) is 0 Å². The lowest BCUT2D eigenvalue weighted by Crippen LogP contribution is -2.39. The third-order valence-electron chi connectivity index (χ3n) is 2.06. The number of pyridine rings is 1. The van der Waals surface area contributed by atoms with Crippen molar-refractivity contribution >= 4 is 5.91 Å². The Morgan fingerprint density at radius 2 is 2.12 bits per heavy atom. The Labute approximate surface area is 95.1 Å². The second-order valence-electron chi connectivity index (χ2n) is 3.38. The molecule has 1 heterocycles. The lowest BCUT2D eigenvalue weighted by molar-refractivity contribution is -0.140. The highest BCUT2D eigenvalue weighted by Crippen LogP contribution is 2.17. The SMILES string of the molecule is CCN(CC(F)(F)F)C(=O)c1cc[nH]c(=O)c1. The van der Waals surface area contributed by atoms with Gasteiger partial charge in [0.05, 0.1) is 0 Å². The highest BCUT2D eigenvalue weighted by Gasteiger charge is 2.32. The minimum absolute atomic E-state index is 0.0557. The van der Waals surface area contributed by atoms with Crippen LogP contribution in [0.5, 0.6) is 0 Å². The molecule has 1 amide bonds. The molecule has 94 valence electrons. The highest BCUT2D eigenvalue weighted by molar-refractivity contribution is 5.94. The number of nitrogens with one attached hydrogen (secondary N) is 1. The van der Waals surface area contributed by atoms with E-state index in [0.29, 0.717) is 4.90 Å². The van der Waals surface area contributed by atoms with Crippen LogP contribution in [0.1, 0.15) is 17.3 Å². The molecular formula is C10H11F3N2O2. The third kappa shape index (κ3) is 3.93. The van der Waals surface area contributed by atoms with Crippen molar-refractivity contribution in [3.05, 3.63) is 34.2 Å². The molecule has 7 heteroatoms. The number of hydrogen-bond acceptors (Lipinski definition) is 2. The van der Waals surface area contributed by atoms with E-state index in [4.69, 9.17) is 0 Å². The Kier molecular flexibility index (Phi) is 3.93. The normalized spacial score (nSPS) is 11.3. The van der Waals surface area contributed by atoms with Gasteiger partial charge in [0, 0.05) is 24.4 Å². The lowest BCUT2D eigenvalue weighted by atomic mass is 10.2. The van der Waals surface area contributed by atoms with Gasteiger partial charge < -0.3 is 9.88 Å². The summed E-state index contributed by atoms with van der Waals surface area (Å²) in [7, 11) is 0. The van der Waals surface area contributed by atoms with E-state index in [1.54, 1.807) is 0 Å². The molecule has 0 atom stereocenters. The molecule has 17 heavy (non-hydrogen) atoms. The van der Waals surface area contributed by atoms with Crippen molar-refractivity contribution in [1.29, 1.82) is 0 Å². The zero-order valence-corrected chi connectivity index (χ0v) is 9.04. The average molecular weight is 248 g/mol. The van der Waals surface area contributed by atoms with Crippen LogP contribution in [-0.2, 0) is 0 Å². The third-order valence-corrected chi connectivity index (χ3v) is 2.06. The number of hydrogen-bond donors (Lipinski definition) is 1. The van der Waals surface area contributed by atoms with Gasteiger partial charge in [-0.2, -0.15) is 13.2 Å². The number of halogens is 3. The molecule has 0 aliphatic rings. The molecule has 1 aromatic rings. The Balaban J connectivity index is 2.90. The maximum Gasteiger partial charge on any atom is 0.406 e. The van der Waals surface area contributed by atoms with E-state index in [-0.39, 0.29) is 12.1 Å². The summed E-state index contributed by atoms with van der Waals surface area (Å²) in [6.45, 7) is 0.0388. The summed E-state index contributed by atoms with van der Waals surface area (Å²) in [6, 6.07) is 2.24. The Hall–Kier alpha value is -1.79. The van der Waals surface area contributed by atoms with Gasteiger partial charge in [0.25, 0.3) is 5.91 Å². The fourth-order valence-corrected chi connectivity index (χ4v) is 1.30. The minimum atomic E-state index is -4.45. The van der Waals surface area contributed by atoms with Gasteiger partial charge in [-0.05, 0) is 13.0 Å². The van der Waals surface area contributed by atoms with Crippen LogP contribution >= 0.6 is 0 Å². The van der Waals surface area contributed by atoms with Crippen LogP contribution in [0.15, 0.2) is 23.1 Å². The van der Waals surface area contributed by atoms with Crippen molar-refractivity contribution in [2.45, 2.75) is 13.1 Å². The molecule has 1 aromatic heterocycles. The molecule has 1 N–H and O–H groups in total. The van der Waals surface area contributed by atoms with Gasteiger partial charge in [-0.1, -0.05) is 0 Å². The molecule has 1 rings (SSSR count). The smallest absolute Gasteiger partial charge is 0.330 e. The van der Waals surface area contributed by atoms with Crippen LogP contribution in [0.2, 0.25) is 0 Å². The average Bonchev–Trinajstić information content (AvgIpc) is 2.23. The van der Waals surface area contributed by atoms with Gasteiger partial charge in [-0.3, -0.25) is 9.59 Å². The number of nitrogens with zero attached hydrogens (tertiary/aromatic N) is 1. The maximum absolute atomic E-state index is 12.2. The summed E-state index contributed by atoms with van der Waals surface area (Å²) in [5, 5.41) is 0. The summed E-state index contributed by atoms with van der Waals surface area (Å²) in [4.78, 5) is 25.5. The Morgan fingerprint density at radius 3 is 2.59 bits per heavy atom. The number of aromatic amines is 1. The number of alkyl halides is 3. The molecule has 0 unspecified atom stereocenters. The fraction of sp³-hybridized carbons (Fsp3) is 0.400. The van der Waals surface area contributed by atoms with E-state index < -0.39 is 24.2 Å². The van der Waals surface area contributed by atoms with Crippen LogP contribution in [0.4, 0.5) is 13.2 Å². The summed E-state index contributed by atoms with van der Waals surface area (Å²) in [5.41, 5.74) is -0.584. The quantitative estimate of drug-likeness (QED) is 0.879. The first-order valence-corrected chi connectivity index (χ1v) is 4.88. The molecule has 0 aliphatic heterocycles. The van der Waals surface area contributed by atoms with E-state index in [2.05, 4.69) is 4.98 Å². The van der Waals surface area contributed by atoms with Gasteiger partial charge in [-0.15, -0.1) is 0 Å². The first-order chi connectivity index (χ1) is 7.83. The molecule has 0 radical (unpaired) electrons. The summed E-state index contributed by atoms with van der Waals surface area (Å²) < 4.78 is 36.6. The van der Waals surface area contributed by atoms with Crippen molar-refractivity contribution in [1.82, 2.24) is 9.88 Å². The number of rotatable bonds is 3. The first kappa shape index (κ1) is 13.3. The molecular weight excluding hydrogens is 237 g/mol. The zero-order valence-electron chi connectivity index (χ0n) is 9.04. The maximum atomic E-state index is 12.2. The standard InChI is InChI=1S/C10H11F3N2O2/c1-2-15(6-10(11,12)13)9(17)7-3-4-14-8(16)5-7/h3-5H,2,6H2,1H3,(H,14,16). The fourth-order valence-electron chi connectivity index (χ4n) is 1.30. The van der Waals surface area contributed by atoms with E-state index in [1.165, 1.54) is 19.2 Å². The van der Waals surface area contributed by atoms with Crippen molar-refractivity contribution < 1.29 is 18.0 Å². The molecule has 0 aromatic carbocycles. The van der Waals surface area contributed by atoms with Gasteiger partial charge in [0.2, 0.25) is 5.56 Å². The van der Waals surface area contributed by atoms with Crippen LogP contribution in [0, 0.1) is 0 Å². The first-order valence-electron chi connectivity index (χ1n) is 4.88. The predicted octanol–water partition coefficient (Wildman–Crippen LogP) is 1.40. The molecule has 0 bridgehead atoms.